The summed E-state index contributed by atoms with van der Waals surface area (Å²) in [5.41, 5.74) is 6.05. The number of benzene rings is 3. The average Bonchev–Trinajstić information content (AvgIpc) is 2.70. The molecule has 0 radical (unpaired) electrons. The van der Waals surface area contributed by atoms with Crippen LogP contribution >= 0.6 is 23.4 Å². The van der Waals surface area contributed by atoms with Crippen molar-refractivity contribution in [2.24, 2.45) is 0 Å². The summed E-state index contributed by atoms with van der Waals surface area (Å²) in [4.78, 5) is 12.0. The predicted molar refractivity (Wildman–Crippen MR) is 121 cm³/mol. The topological polar surface area (TPSA) is 17.1 Å². The minimum absolute atomic E-state index is 0.419. The molecule has 3 heteroatoms. The van der Waals surface area contributed by atoms with Crippen molar-refractivity contribution in [1.82, 2.24) is 0 Å². The maximum Gasteiger partial charge on any atom is 0.150 e. The third kappa shape index (κ3) is 5.73. The molecule has 144 valence electrons. The Morgan fingerprint density at radius 3 is 2.43 bits per heavy atom. The number of hydrogen-bond acceptors (Lipinski definition) is 2. The Kier molecular flexibility index (Phi) is 7.36. The van der Waals surface area contributed by atoms with E-state index in [0.717, 1.165) is 35.5 Å². The van der Waals surface area contributed by atoms with Gasteiger partial charge in [-0.05, 0) is 84.9 Å². The Bertz CT molecular complexity index is 934. The van der Waals surface area contributed by atoms with Crippen molar-refractivity contribution in [3.05, 3.63) is 99.6 Å². The lowest BCUT2D eigenvalue weighted by Gasteiger charge is -2.19. The van der Waals surface area contributed by atoms with E-state index in [-0.39, 0.29) is 0 Å². The van der Waals surface area contributed by atoms with Crippen molar-refractivity contribution in [2.45, 2.75) is 37.5 Å². The number of hydrogen-bond donors (Lipinski definition) is 0. The molecule has 0 N–H and O–H groups in total. The molecular formula is C25H25ClOS. The van der Waals surface area contributed by atoms with Crippen LogP contribution in [0, 0.1) is 13.8 Å². The van der Waals surface area contributed by atoms with Crippen LogP contribution in [0.4, 0.5) is 0 Å². The fourth-order valence-corrected chi connectivity index (χ4v) is 4.49. The van der Waals surface area contributed by atoms with E-state index in [2.05, 4.69) is 44.2 Å². The number of aldehydes is 1. The van der Waals surface area contributed by atoms with Crippen molar-refractivity contribution in [2.75, 3.05) is 5.75 Å². The second-order valence-corrected chi connectivity index (χ2v) is 8.80. The fourth-order valence-electron chi connectivity index (χ4n) is 3.32. The highest BCUT2D eigenvalue weighted by Gasteiger charge is 2.14. The zero-order chi connectivity index (χ0) is 19.9. The zero-order valence-electron chi connectivity index (χ0n) is 16.3. The van der Waals surface area contributed by atoms with Crippen LogP contribution in [0.1, 0.15) is 45.0 Å². The molecule has 1 nitrogen and oxygen atoms in total. The molecule has 3 rings (SSSR count). The van der Waals surface area contributed by atoms with Gasteiger partial charge in [0.05, 0.1) is 0 Å². The van der Waals surface area contributed by atoms with Gasteiger partial charge < -0.3 is 0 Å². The third-order valence-electron chi connectivity index (χ3n) is 5.12. The van der Waals surface area contributed by atoms with E-state index >= 15 is 0 Å². The lowest BCUT2D eigenvalue weighted by Crippen LogP contribution is -2.05. The van der Waals surface area contributed by atoms with Gasteiger partial charge >= 0.3 is 0 Å². The van der Waals surface area contributed by atoms with E-state index in [9.17, 15) is 4.79 Å². The van der Waals surface area contributed by atoms with E-state index in [0.29, 0.717) is 5.92 Å². The van der Waals surface area contributed by atoms with Crippen LogP contribution in [-0.4, -0.2) is 12.0 Å². The molecule has 0 saturated carbocycles. The van der Waals surface area contributed by atoms with Gasteiger partial charge in [0.15, 0.2) is 0 Å². The summed E-state index contributed by atoms with van der Waals surface area (Å²) in [6.07, 6.45) is 2.95. The highest BCUT2D eigenvalue weighted by molar-refractivity contribution is 7.99. The fraction of sp³-hybridized carbons (Fsp3) is 0.240. The first-order valence-corrected chi connectivity index (χ1v) is 10.9. The van der Waals surface area contributed by atoms with E-state index in [1.165, 1.54) is 27.1 Å². The molecule has 0 fully saturated rings. The van der Waals surface area contributed by atoms with Crippen LogP contribution in [0.25, 0.3) is 0 Å². The molecular weight excluding hydrogens is 384 g/mol. The smallest absolute Gasteiger partial charge is 0.150 e. The minimum Gasteiger partial charge on any atom is -0.298 e. The van der Waals surface area contributed by atoms with Crippen LogP contribution in [0.15, 0.2) is 71.6 Å². The minimum atomic E-state index is 0.419. The van der Waals surface area contributed by atoms with Crippen molar-refractivity contribution in [3.8, 4) is 0 Å². The molecule has 3 aromatic carbocycles. The molecule has 0 saturated heterocycles. The van der Waals surface area contributed by atoms with Gasteiger partial charge in [-0.1, -0.05) is 54.1 Å². The van der Waals surface area contributed by atoms with Crippen molar-refractivity contribution in [3.63, 3.8) is 0 Å². The quantitative estimate of drug-likeness (QED) is 0.287. The summed E-state index contributed by atoms with van der Waals surface area (Å²) in [6.45, 7) is 4.33. The second kappa shape index (κ2) is 9.95. The SMILES string of the molecule is Cc1ccc(CC(CCSc2ccc(C=O)cc2)c2cccc(Cl)c2)cc1C. The summed E-state index contributed by atoms with van der Waals surface area (Å²) in [7, 11) is 0. The molecule has 0 spiro atoms. The molecule has 0 aliphatic rings. The Hall–Kier alpha value is -2.03. The number of thioether (sulfide) groups is 1. The number of halogens is 1. The Labute approximate surface area is 177 Å². The average molecular weight is 409 g/mol. The zero-order valence-corrected chi connectivity index (χ0v) is 17.9. The maximum atomic E-state index is 10.8. The molecule has 3 aromatic rings. The second-order valence-electron chi connectivity index (χ2n) is 7.20. The summed E-state index contributed by atoms with van der Waals surface area (Å²) in [5.74, 6) is 1.44. The van der Waals surface area contributed by atoms with Gasteiger partial charge in [-0.25, -0.2) is 0 Å². The van der Waals surface area contributed by atoms with Crippen LogP contribution in [0.5, 0.6) is 0 Å². The van der Waals surface area contributed by atoms with Crippen LogP contribution in [-0.2, 0) is 6.42 Å². The van der Waals surface area contributed by atoms with Gasteiger partial charge in [0.2, 0.25) is 0 Å². The van der Waals surface area contributed by atoms with Crippen LogP contribution < -0.4 is 0 Å². The Morgan fingerprint density at radius 1 is 0.964 bits per heavy atom. The molecule has 1 unspecified atom stereocenters. The summed E-state index contributed by atoms with van der Waals surface area (Å²) in [6, 6.07) is 22.8. The first-order valence-electron chi connectivity index (χ1n) is 9.55. The molecule has 1 atom stereocenters. The number of carbonyl (C=O) groups excluding carboxylic acids is 1. The van der Waals surface area contributed by atoms with E-state index < -0.39 is 0 Å². The third-order valence-corrected chi connectivity index (χ3v) is 6.41. The molecule has 0 aromatic heterocycles. The predicted octanol–water partition coefficient (Wildman–Crippen LogP) is 7.28. The highest BCUT2D eigenvalue weighted by Crippen LogP contribution is 2.30. The lowest BCUT2D eigenvalue weighted by molar-refractivity contribution is 0.112. The highest BCUT2D eigenvalue weighted by atomic mass is 35.5. The van der Waals surface area contributed by atoms with Crippen molar-refractivity contribution in [1.29, 1.82) is 0 Å². The standard InChI is InChI=1S/C25H25ClOS/c1-18-6-7-21(14-19(18)2)15-23(22-4-3-5-24(26)16-22)12-13-28-25-10-8-20(17-27)9-11-25/h3-11,14,16-17,23H,12-13,15H2,1-2H3. The first kappa shape index (κ1) is 20.7. The molecule has 0 heterocycles. The molecule has 0 aliphatic carbocycles. The van der Waals surface area contributed by atoms with Gasteiger partial charge in [0, 0.05) is 15.5 Å². The van der Waals surface area contributed by atoms with E-state index in [4.69, 9.17) is 11.6 Å². The molecule has 0 bridgehead atoms. The van der Waals surface area contributed by atoms with E-state index in [1.54, 1.807) is 0 Å². The van der Waals surface area contributed by atoms with Gasteiger partial charge in [0.1, 0.15) is 6.29 Å². The molecule has 0 amide bonds. The normalized spacial score (nSPS) is 12.0. The van der Waals surface area contributed by atoms with Gasteiger partial charge in [-0.2, -0.15) is 0 Å². The summed E-state index contributed by atoms with van der Waals surface area (Å²) >= 11 is 8.10. The van der Waals surface area contributed by atoms with Crippen molar-refractivity contribution >= 4 is 29.6 Å². The Balaban J connectivity index is 1.71. The van der Waals surface area contributed by atoms with Crippen LogP contribution in [0.2, 0.25) is 5.02 Å². The maximum absolute atomic E-state index is 10.8. The van der Waals surface area contributed by atoms with Gasteiger partial charge in [-0.15, -0.1) is 11.8 Å². The monoisotopic (exact) mass is 408 g/mol. The lowest BCUT2D eigenvalue weighted by atomic mass is 9.89. The Morgan fingerprint density at radius 2 is 1.75 bits per heavy atom. The summed E-state index contributed by atoms with van der Waals surface area (Å²) < 4.78 is 0. The van der Waals surface area contributed by atoms with Gasteiger partial charge in [0.25, 0.3) is 0 Å². The van der Waals surface area contributed by atoms with E-state index in [1.807, 2.05) is 48.2 Å². The molecule has 28 heavy (non-hydrogen) atoms. The summed E-state index contributed by atoms with van der Waals surface area (Å²) in [5, 5.41) is 0.791. The number of carbonyl (C=O) groups is 1. The molecule has 0 aliphatic heterocycles. The first-order chi connectivity index (χ1) is 13.5. The number of rotatable bonds is 8. The number of aryl methyl sites for hydroxylation is 2. The van der Waals surface area contributed by atoms with Gasteiger partial charge in [-0.3, -0.25) is 4.79 Å². The van der Waals surface area contributed by atoms with Crippen LogP contribution in [0.3, 0.4) is 0 Å². The van der Waals surface area contributed by atoms with Crippen molar-refractivity contribution < 1.29 is 4.79 Å². The largest absolute Gasteiger partial charge is 0.298 e.